The molecule has 0 radical (unpaired) electrons. The SMILES string of the molecule is CC(=O)OC(C)=O.O=C(O)CS(=O)(=O)O. The Kier molecular flexibility index (Phi) is 7.34. The molecule has 8 nitrogen and oxygen atoms in total. The fourth-order valence-corrected chi connectivity index (χ4v) is 0.671. The van der Waals surface area contributed by atoms with Crippen LogP contribution in [0, 0.1) is 0 Å². The molecule has 2 N–H and O–H groups in total. The summed E-state index contributed by atoms with van der Waals surface area (Å²) in [5.41, 5.74) is 0. The lowest BCUT2D eigenvalue weighted by Crippen LogP contribution is -2.13. The molecule has 0 fully saturated rings. The van der Waals surface area contributed by atoms with Crippen LogP contribution in [0.15, 0.2) is 0 Å². The number of ether oxygens (including phenoxy) is 1. The predicted octanol–water partition coefficient (Wildman–Crippen LogP) is -0.945. The molecular formula is C6H10O8S. The molecule has 15 heavy (non-hydrogen) atoms. The van der Waals surface area contributed by atoms with Crippen molar-refractivity contribution in [3.8, 4) is 0 Å². The summed E-state index contributed by atoms with van der Waals surface area (Å²) in [5, 5.41) is 7.71. The third-order valence-electron chi connectivity index (χ3n) is 0.593. The minimum absolute atomic E-state index is 0.562. The Hall–Kier alpha value is -1.48. The number of aliphatic carboxylic acids is 1. The van der Waals surface area contributed by atoms with Crippen LogP contribution in [0.3, 0.4) is 0 Å². The number of esters is 2. The molecule has 0 spiro atoms. The number of rotatable bonds is 2. The molecule has 0 heterocycles. The Balaban J connectivity index is 0. The van der Waals surface area contributed by atoms with Gasteiger partial charge in [-0.3, -0.25) is 18.9 Å². The molecule has 0 aromatic rings. The average Bonchev–Trinajstić information content (AvgIpc) is 1.76. The van der Waals surface area contributed by atoms with Crippen LogP contribution in [-0.4, -0.2) is 41.7 Å². The van der Waals surface area contributed by atoms with Gasteiger partial charge in [-0.25, -0.2) is 0 Å². The highest BCUT2D eigenvalue weighted by Crippen LogP contribution is 1.78. The van der Waals surface area contributed by atoms with E-state index < -0.39 is 33.8 Å². The largest absolute Gasteiger partial charge is 0.480 e. The Morgan fingerprint density at radius 3 is 1.47 bits per heavy atom. The van der Waals surface area contributed by atoms with Crippen LogP contribution < -0.4 is 0 Å². The molecular weight excluding hydrogens is 232 g/mol. The van der Waals surface area contributed by atoms with E-state index in [1.54, 1.807) is 0 Å². The van der Waals surface area contributed by atoms with E-state index in [1.807, 2.05) is 0 Å². The first kappa shape index (κ1) is 16.0. The van der Waals surface area contributed by atoms with Gasteiger partial charge < -0.3 is 9.84 Å². The van der Waals surface area contributed by atoms with Crippen molar-refractivity contribution < 1.29 is 37.2 Å². The smallest absolute Gasteiger partial charge is 0.321 e. The third-order valence-corrected chi connectivity index (χ3v) is 1.21. The average molecular weight is 242 g/mol. The van der Waals surface area contributed by atoms with E-state index in [2.05, 4.69) is 4.74 Å². The molecule has 0 aliphatic heterocycles. The van der Waals surface area contributed by atoms with Gasteiger partial charge in [-0.15, -0.1) is 0 Å². The zero-order chi connectivity index (χ0) is 12.6. The highest BCUT2D eigenvalue weighted by Gasteiger charge is 2.09. The van der Waals surface area contributed by atoms with E-state index in [9.17, 15) is 22.8 Å². The van der Waals surface area contributed by atoms with Crippen molar-refractivity contribution in [1.82, 2.24) is 0 Å². The van der Waals surface area contributed by atoms with Crippen molar-refractivity contribution in [1.29, 1.82) is 0 Å². The maximum Gasteiger partial charge on any atom is 0.321 e. The summed E-state index contributed by atoms with van der Waals surface area (Å²) in [6.07, 6.45) is 0. The van der Waals surface area contributed by atoms with Gasteiger partial charge in [-0.2, -0.15) is 8.42 Å². The highest BCUT2D eigenvalue weighted by molar-refractivity contribution is 7.86. The van der Waals surface area contributed by atoms with Crippen LogP contribution in [-0.2, 0) is 29.2 Å². The standard InChI is InChI=1S/C4H6O3.C2H4O5S/c1-3(5)7-4(2)6;3-2(4)1-8(5,6)7/h1-2H3;1H2,(H,3,4)(H,5,6,7). The van der Waals surface area contributed by atoms with E-state index in [-0.39, 0.29) is 0 Å². The Labute approximate surface area is 85.6 Å². The van der Waals surface area contributed by atoms with Crippen molar-refractivity contribution in [3.05, 3.63) is 0 Å². The van der Waals surface area contributed by atoms with Gasteiger partial charge in [-0.1, -0.05) is 0 Å². The maximum absolute atomic E-state index is 9.81. The van der Waals surface area contributed by atoms with Crippen molar-refractivity contribution in [2.24, 2.45) is 0 Å². The molecule has 0 saturated carbocycles. The second-order valence-corrected chi connectivity index (χ2v) is 3.66. The molecule has 0 rings (SSSR count). The van der Waals surface area contributed by atoms with Crippen molar-refractivity contribution in [3.63, 3.8) is 0 Å². The van der Waals surface area contributed by atoms with E-state index in [4.69, 9.17) is 9.66 Å². The zero-order valence-corrected chi connectivity index (χ0v) is 8.78. The monoisotopic (exact) mass is 242 g/mol. The van der Waals surface area contributed by atoms with Crippen molar-refractivity contribution >= 4 is 28.0 Å². The zero-order valence-electron chi connectivity index (χ0n) is 7.96. The molecule has 0 aromatic carbocycles. The number of carbonyl (C=O) groups is 3. The number of carboxylic acid groups (broad SMARTS) is 1. The molecule has 0 aliphatic carbocycles. The van der Waals surface area contributed by atoms with E-state index in [1.165, 1.54) is 13.8 Å². The normalized spacial score (nSPS) is 9.53. The lowest BCUT2D eigenvalue weighted by atomic mass is 10.7. The summed E-state index contributed by atoms with van der Waals surface area (Å²) in [6.45, 7) is 2.36. The molecule has 0 bridgehead atoms. The fourth-order valence-electron chi connectivity index (χ4n) is 0.358. The number of hydrogen-bond acceptors (Lipinski definition) is 6. The van der Waals surface area contributed by atoms with Gasteiger partial charge in [-0.05, 0) is 0 Å². The van der Waals surface area contributed by atoms with Gasteiger partial charge in [0.15, 0.2) is 5.75 Å². The van der Waals surface area contributed by atoms with E-state index in [0.29, 0.717) is 0 Å². The van der Waals surface area contributed by atoms with Gasteiger partial charge in [0.05, 0.1) is 0 Å². The Bertz CT molecular complexity index is 328. The Morgan fingerprint density at radius 2 is 1.47 bits per heavy atom. The first-order valence-electron chi connectivity index (χ1n) is 3.40. The lowest BCUT2D eigenvalue weighted by Gasteiger charge is -1.87. The summed E-state index contributed by atoms with van der Waals surface area (Å²) in [6, 6.07) is 0. The lowest BCUT2D eigenvalue weighted by molar-refractivity contribution is -0.156. The first-order valence-corrected chi connectivity index (χ1v) is 5.01. The van der Waals surface area contributed by atoms with Crippen molar-refractivity contribution in [2.75, 3.05) is 5.75 Å². The van der Waals surface area contributed by atoms with Gasteiger partial charge in [0, 0.05) is 13.8 Å². The van der Waals surface area contributed by atoms with Gasteiger partial charge in [0.25, 0.3) is 10.1 Å². The number of carboxylic acids is 1. The van der Waals surface area contributed by atoms with Crippen LogP contribution in [0.1, 0.15) is 13.8 Å². The summed E-state index contributed by atoms with van der Waals surface area (Å²) < 4.78 is 31.0. The van der Waals surface area contributed by atoms with Crippen LogP contribution in [0.4, 0.5) is 0 Å². The van der Waals surface area contributed by atoms with Crippen LogP contribution >= 0.6 is 0 Å². The molecule has 9 heteroatoms. The minimum atomic E-state index is -4.32. The molecule has 0 atom stereocenters. The molecule has 0 aromatic heterocycles. The predicted molar refractivity (Wildman–Crippen MR) is 46.5 cm³/mol. The summed E-state index contributed by atoms with van der Waals surface area (Å²) >= 11 is 0. The Morgan fingerprint density at radius 1 is 1.13 bits per heavy atom. The number of carbonyl (C=O) groups excluding carboxylic acids is 2. The van der Waals surface area contributed by atoms with Crippen LogP contribution in [0.25, 0.3) is 0 Å². The van der Waals surface area contributed by atoms with Gasteiger partial charge >= 0.3 is 17.9 Å². The second kappa shape index (κ2) is 6.90. The second-order valence-electron chi connectivity index (χ2n) is 2.21. The van der Waals surface area contributed by atoms with E-state index >= 15 is 0 Å². The minimum Gasteiger partial charge on any atom is -0.480 e. The quantitative estimate of drug-likeness (QED) is 0.359. The fraction of sp³-hybridized carbons (Fsp3) is 0.500. The molecule has 88 valence electrons. The van der Waals surface area contributed by atoms with Crippen LogP contribution in [0.2, 0.25) is 0 Å². The van der Waals surface area contributed by atoms with Crippen molar-refractivity contribution in [2.45, 2.75) is 13.8 Å². The summed E-state index contributed by atoms with van der Waals surface area (Å²) in [7, 11) is -4.32. The topological polar surface area (TPSA) is 135 Å². The van der Waals surface area contributed by atoms with Crippen LogP contribution in [0.5, 0.6) is 0 Å². The highest BCUT2D eigenvalue weighted by atomic mass is 32.2. The summed E-state index contributed by atoms with van der Waals surface area (Å²) in [5.74, 6) is -3.92. The molecule has 0 unspecified atom stereocenters. The summed E-state index contributed by atoms with van der Waals surface area (Å²) in [4.78, 5) is 29.1. The molecule has 0 amide bonds. The first-order chi connectivity index (χ1) is 6.54. The molecule has 0 saturated heterocycles. The third kappa shape index (κ3) is 24.5. The maximum atomic E-state index is 9.81. The van der Waals surface area contributed by atoms with Gasteiger partial charge in [0.2, 0.25) is 0 Å². The molecule has 0 aliphatic rings. The van der Waals surface area contributed by atoms with Gasteiger partial charge in [0.1, 0.15) is 0 Å². The van der Waals surface area contributed by atoms with E-state index in [0.717, 1.165) is 0 Å². The number of hydrogen-bond donors (Lipinski definition) is 2.